The van der Waals surface area contributed by atoms with Crippen LogP contribution in [-0.4, -0.2) is 37.9 Å². The molecule has 162 valence electrons. The molecule has 1 N–H and O–H groups in total. The van der Waals surface area contributed by atoms with Gasteiger partial charge in [0.1, 0.15) is 5.76 Å². The molecular formula is C23H24N2O5S. The first-order valence-electron chi connectivity index (χ1n) is 9.78. The Hall–Kier alpha value is -3.39. The molecule has 3 rings (SSSR count). The Morgan fingerprint density at radius 2 is 1.68 bits per heavy atom. The summed E-state index contributed by atoms with van der Waals surface area (Å²) in [6.45, 7) is 1.95. The molecule has 31 heavy (non-hydrogen) atoms. The number of hydrogen-bond acceptors (Lipinski definition) is 5. The molecule has 0 saturated heterocycles. The van der Waals surface area contributed by atoms with E-state index in [0.29, 0.717) is 29.1 Å². The number of anilines is 1. The number of sulfone groups is 1. The van der Waals surface area contributed by atoms with E-state index in [1.807, 2.05) is 0 Å². The van der Waals surface area contributed by atoms with Crippen LogP contribution in [-0.2, 0) is 27.6 Å². The largest absolute Gasteiger partial charge is 0.467 e. The average molecular weight is 441 g/mol. The molecule has 0 atom stereocenters. The minimum atomic E-state index is -3.26. The highest BCUT2D eigenvalue weighted by atomic mass is 32.2. The van der Waals surface area contributed by atoms with Crippen molar-refractivity contribution in [2.75, 3.05) is 18.1 Å². The second-order valence-corrected chi connectivity index (χ2v) is 9.37. The molecular weight excluding hydrogens is 416 g/mol. The molecule has 0 spiro atoms. The van der Waals surface area contributed by atoms with Crippen molar-refractivity contribution in [3.05, 3.63) is 83.8 Å². The van der Waals surface area contributed by atoms with Gasteiger partial charge in [0.25, 0.3) is 5.91 Å². The molecule has 2 aromatic carbocycles. The lowest BCUT2D eigenvalue weighted by atomic mass is 10.1. The number of benzene rings is 2. The fourth-order valence-corrected chi connectivity index (χ4v) is 3.88. The van der Waals surface area contributed by atoms with Crippen molar-refractivity contribution in [1.29, 1.82) is 0 Å². The molecule has 0 saturated carbocycles. The fourth-order valence-electron chi connectivity index (χ4n) is 3.00. The van der Waals surface area contributed by atoms with Gasteiger partial charge < -0.3 is 14.6 Å². The Bertz CT molecular complexity index is 1140. The summed E-state index contributed by atoms with van der Waals surface area (Å²) in [5, 5.41) is 2.78. The maximum atomic E-state index is 12.5. The van der Waals surface area contributed by atoms with Gasteiger partial charge in [0.2, 0.25) is 5.91 Å². The molecule has 0 radical (unpaired) electrons. The van der Waals surface area contributed by atoms with E-state index in [2.05, 4.69) is 5.32 Å². The summed E-state index contributed by atoms with van der Waals surface area (Å²) in [5.74, 6) is 0.334. The van der Waals surface area contributed by atoms with Gasteiger partial charge in [-0.1, -0.05) is 19.1 Å². The molecule has 0 aliphatic rings. The SMILES string of the molecule is CCS(=O)(=O)c1ccc(CC(=O)Nc2ccc(C(=O)N(C)Cc3ccco3)cc2)cc1. The van der Waals surface area contributed by atoms with Crippen LogP contribution < -0.4 is 5.32 Å². The molecule has 2 amide bonds. The third-order valence-electron chi connectivity index (χ3n) is 4.76. The maximum absolute atomic E-state index is 12.5. The fraction of sp³-hybridized carbons (Fsp3) is 0.217. The van der Waals surface area contributed by atoms with Gasteiger partial charge in [0, 0.05) is 18.3 Å². The van der Waals surface area contributed by atoms with Crippen LogP contribution in [0.3, 0.4) is 0 Å². The minimum absolute atomic E-state index is 0.0317. The highest BCUT2D eigenvalue weighted by Gasteiger charge is 2.14. The van der Waals surface area contributed by atoms with Crippen molar-refractivity contribution in [3.8, 4) is 0 Å². The van der Waals surface area contributed by atoms with Crippen molar-refractivity contribution in [2.24, 2.45) is 0 Å². The number of carbonyl (C=O) groups excluding carboxylic acids is 2. The van der Waals surface area contributed by atoms with Crippen molar-refractivity contribution in [1.82, 2.24) is 4.90 Å². The Morgan fingerprint density at radius 1 is 1.00 bits per heavy atom. The van der Waals surface area contributed by atoms with Crippen LogP contribution in [0.4, 0.5) is 5.69 Å². The van der Waals surface area contributed by atoms with Crippen molar-refractivity contribution in [3.63, 3.8) is 0 Å². The normalized spacial score (nSPS) is 11.2. The molecule has 8 heteroatoms. The molecule has 0 aliphatic carbocycles. The lowest BCUT2D eigenvalue weighted by Gasteiger charge is -2.16. The van der Waals surface area contributed by atoms with Crippen LogP contribution in [0, 0.1) is 0 Å². The monoisotopic (exact) mass is 440 g/mol. The molecule has 0 aliphatic heterocycles. The summed E-state index contributed by atoms with van der Waals surface area (Å²) in [6, 6.07) is 16.5. The van der Waals surface area contributed by atoms with Gasteiger partial charge >= 0.3 is 0 Å². The summed E-state index contributed by atoms with van der Waals surface area (Å²) >= 11 is 0. The lowest BCUT2D eigenvalue weighted by Crippen LogP contribution is -2.26. The number of nitrogens with zero attached hydrogens (tertiary/aromatic N) is 1. The summed E-state index contributed by atoms with van der Waals surface area (Å²) < 4.78 is 29.0. The summed E-state index contributed by atoms with van der Waals surface area (Å²) in [5.41, 5.74) is 1.78. The van der Waals surface area contributed by atoms with E-state index < -0.39 is 9.84 Å². The molecule has 7 nitrogen and oxygen atoms in total. The van der Waals surface area contributed by atoms with Crippen LogP contribution in [0.5, 0.6) is 0 Å². The van der Waals surface area contributed by atoms with E-state index in [-0.39, 0.29) is 28.9 Å². The molecule has 0 bridgehead atoms. The molecule has 0 fully saturated rings. The molecule has 3 aromatic rings. The van der Waals surface area contributed by atoms with Gasteiger partial charge in [-0.3, -0.25) is 9.59 Å². The smallest absolute Gasteiger partial charge is 0.254 e. The average Bonchev–Trinajstić information content (AvgIpc) is 3.27. The zero-order valence-corrected chi connectivity index (χ0v) is 18.2. The van der Waals surface area contributed by atoms with Gasteiger partial charge in [0.15, 0.2) is 9.84 Å². The number of furan rings is 1. The van der Waals surface area contributed by atoms with Crippen molar-refractivity contribution in [2.45, 2.75) is 24.8 Å². The van der Waals surface area contributed by atoms with Crippen LogP contribution in [0.25, 0.3) is 0 Å². The Labute approximate surface area is 181 Å². The van der Waals surface area contributed by atoms with Crippen molar-refractivity contribution < 1.29 is 22.4 Å². The van der Waals surface area contributed by atoms with Gasteiger partial charge in [-0.2, -0.15) is 0 Å². The minimum Gasteiger partial charge on any atom is -0.467 e. The third kappa shape index (κ3) is 5.82. The van der Waals surface area contributed by atoms with Gasteiger partial charge in [-0.15, -0.1) is 0 Å². The first-order valence-corrected chi connectivity index (χ1v) is 11.4. The van der Waals surface area contributed by atoms with Gasteiger partial charge in [0.05, 0.1) is 29.9 Å². The maximum Gasteiger partial charge on any atom is 0.254 e. The second-order valence-electron chi connectivity index (χ2n) is 7.09. The van der Waals surface area contributed by atoms with E-state index in [1.165, 1.54) is 12.1 Å². The molecule has 1 heterocycles. The van der Waals surface area contributed by atoms with Crippen LogP contribution in [0.1, 0.15) is 28.6 Å². The summed E-state index contributed by atoms with van der Waals surface area (Å²) in [4.78, 5) is 26.6. The van der Waals surface area contributed by atoms with E-state index in [9.17, 15) is 18.0 Å². The van der Waals surface area contributed by atoms with E-state index in [0.717, 1.165) is 0 Å². The quantitative estimate of drug-likeness (QED) is 0.578. The highest BCUT2D eigenvalue weighted by molar-refractivity contribution is 7.91. The number of amides is 2. The molecule has 0 unspecified atom stereocenters. The number of rotatable bonds is 8. The van der Waals surface area contributed by atoms with Crippen LogP contribution in [0.2, 0.25) is 0 Å². The van der Waals surface area contributed by atoms with E-state index in [1.54, 1.807) is 73.7 Å². The molecule has 1 aromatic heterocycles. The first-order chi connectivity index (χ1) is 14.8. The lowest BCUT2D eigenvalue weighted by molar-refractivity contribution is -0.115. The Balaban J connectivity index is 1.56. The van der Waals surface area contributed by atoms with Crippen LogP contribution >= 0.6 is 0 Å². The highest BCUT2D eigenvalue weighted by Crippen LogP contribution is 2.15. The second kappa shape index (κ2) is 9.61. The zero-order valence-electron chi connectivity index (χ0n) is 17.4. The van der Waals surface area contributed by atoms with Crippen LogP contribution in [0.15, 0.2) is 76.2 Å². The van der Waals surface area contributed by atoms with Crippen molar-refractivity contribution >= 4 is 27.3 Å². The Morgan fingerprint density at radius 3 is 2.26 bits per heavy atom. The van der Waals surface area contributed by atoms with E-state index in [4.69, 9.17) is 4.42 Å². The predicted molar refractivity (Wildman–Crippen MR) is 117 cm³/mol. The zero-order chi connectivity index (χ0) is 22.4. The number of hydrogen-bond donors (Lipinski definition) is 1. The Kier molecular flexibility index (Phi) is 6.91. The van der Waals surface area contributed by atoms with E-state index >= 15 is 0 Å². The standard InChI is InChI=1S/C23H24N2O5S/c1-3-31(28,29)21-12-6-17(7-13-21)15-22(26)24-19-10-8-18(9-11-19)23(27)25(2)16-20-5-4-14-30-20/h4-14H,3,15-16H2,1-2H3,(H,24,26). The van der Waals surface area contributed by atoms with Gasteiger partial charge in [-0.25, -0.2) is 8.42 Å². The summed E-state index contributed by atoms with van der Waals surface area (Å²) in [6.07, 6.45) is 1.67. The first kappa shape index (κ1) is 22.3. The summed E-state index contributed by atoms with van der Waals surface area (Å²) in [7, 11) is -1.57. The predicted octanol–water partition coefficient (Wildman–Crippen LogP) is 3.53. The third-order valence-corrected chi connectivity index (χ3v) is 6.51. The number of carbonyl (C=O) groups is 2. The topological polar surface area (TPSA) is 96.7 Å². The van der Waals surface area contributed by atoms with Gasteiger partial charge in [-0.05, 0) is 54.1 Å². The number of nitrogens with one attached hydrogen (secondary N) is 1.